The minimum Gasteiger partial charge on any atom is -0.281 e. The van der Waals surface area contributed by atoms with E-state index in [0.29, 0.717) is 3.98 Å². The summed E-state index contributed by atoms with van der Waals surface area (Å²) < 4.78 is 0.677. The lowest BCUT2D eigenvalue weighted by atomic mass is 10.2. The fourth-order valence-corrected chi connectivity index (χ4v) is 3.34. The molecule has 0 saturated heterocycles. The van der Waals surface area contributed by atoms with E-state index >= 15 is 0 Å². The summed E-state index contributed by atoms with van der Waals surface area (Å²) in [5.74, 6) is 0. The van der Waals surface area contributed by atoms with Crippen LogP contribution in [0.25, 0.3) is 10.4 Å². The van der Waals surface area contributed by atoms with Crippen LogP contribution in [0.3, 0.4) is 0 Å². The van der Waals surface area contributed by atoms with E-state index in [9.17, 15) is 0 Å². The molecule has 1 nitrogen and oxygen atoms in total. The van der Waals surface area contributed by atoms with Crippen LogP contribution in [0.15, 0.2) is 30.3 Å². The molecule has 13 heavy (non-hydrogen) atoms. The largest absolute Gasteiger partial charge is 0.281 e. The molecule has 0 saturated carbocycles. The van der Waals surface area contributed by atoms with Gasteiger partial charge in [0, 0.05) is 4.88 Å². The monoisotopic (exact) mass is 207 g/mol. The smallest absolute Gasteiger partial charge is 0.163 e. The van der Waals surface area contributed by atoms with Gasteiger partial charge in [0.05, 0.1) is 4.88 Å². The van der Waals surface area contributed by atoms with E-state index < -0.39 is 0 Å². The van der Waals surface area contributed by atoms with Gasteiger partial charge in [0.1, 0.15) is 0 Å². The Kier molecular flexibility index (Phi) is 2.29. The number of aryl methyl sites for hydroxylation is 1. The lowest BCUT2D eigenvalue weighted by Crippen LogP contribution is -1.75. The van der Waals surface area contributed by atoms with Gasteiger partial charge in [0.2, 0.25) is 0 Å². The molecule has 1 aromatic heterocycles. The first-order valence-electron chi connectivity index (χ1n) is 3.98. The summed E-state index contributed by atoms with van der Waals surface area (Å²) in [6, 6.07) is 10.2. The van der Waals surface area contributed by atoms with Gasteiger partial charge >= 0.3 is 0 Å². The van der Waals surface area contributed by atoms with Crippen LogP contribution in [0, 0.1) is 12.3 Å². The number of nitrogens with one attached hydrogen (secondary N) is 1. The molecule has 0 aliphatic rings. The molecule has 3 heteroatoms. The van der Waals surface area contributed by atoms with E-state index in [1.54, 1.807) is 22.7 Å². The Morgan fingerprint density at radius 2 is 1.77 bits per heavy atom. The first-order valence-corrected chi connectivity index (χ1v) is 5.61. The topological polar surface area (TPSA) is 23.9 Å². The maximum absolute atomic E-state index is 7.54. The van der Waals surface area contributed by atoms with E-state index in [0.717, 1.165) is 0 Å². The third-order valence-corrected chi connectivity index (χ3v) is 4.05. The standard InChI is InChI=1S/C10H9NS2/c1-7-9(13-10(11)12-7)8-5-3-2-4-6-8/h2-6,11H,1H3. The summed E-state index contributed by atoms with van der Waals surface area (Å²) in [4.78, 5) is 2.47. The minimum atomic E-state index is 0.677. The summed E-state index contributed by atoms with van der Waals surface area (Å²) in [7, 11) is 0. The fraction of sp³-hybridized carbons (Fsp3) is 0.100. The van der Waals surface area contributed by atoms with Crippen molar-refractivity contribution >= 4 is 22.7 Å². The van der Waals surface area contributed by atoms with Gasteiger partial charge in [-0.3, -0.25) is 5.41 Å². The van der Waals surface area contributed by atoms with Crippen molar-refractivity contribution in [1.82, 2.24) is 0 Å². The Hall–Kier alpha value is -0.930. The average molecular weight is 207 g/mol. The molecule has 0 fully saturated rings. The number of hydrogen-bond donors (Lipinski definition) is 1. The summed E-state index contributed by atoms with van der Waals surface area (Å²) in [6.07, 6.45) is 0. The second-order valence-corrected chi connectivity index (χ2v) is 5.25. The van der Waals surface area contributed by atoms with Crippen LogP contribution in [-0.2, 0) is 0 Å². The molecule has 0 aliphatic carbocycles. The van der Waals surface area contributed by atoms with Gasteiger partial charge in [-0.1, -0.05) is 30.3 Å². The van der Waals surface area contributed by atoms with Gasteiger partial charge in [-0.05, 0) is 12.5 Å². The number of rotatable bonds is 1. The van der Waals surface area contributed by atoms with E-state index in [1.165, 1.54) is 15.3 Å². The summed E-state index contributed by atoms with van der Waals surface area (Å²) in [6.45, 7) is 2.07. The lowest BCUT2D eigenvalue weighted by Gasteiger charge is -1.96. The van der Waals surface area contributed by atoms with Crippen LogP contribution in [0.2, 0.25) is 0 Å². The van der Waals surface area contributed by atoms with Crippen LogP contribution in [0.5, 0.6) is 0 Å². The average Bonchev–Trinajstić information content (AvgIpc) is 2.47. The van der Waals surface area contributed by atoms with Gasteiger partial charge in [-0.25, -0.2) is 0 Å². The highest BCUT2D eigenvalue weighted by Gasteiger charge is 2.04. The molecule has 0 atom stereocenters. The lowest BCUT2D eigenvalue weighted by molar-refractivity contribution is 1.41. The molecule has 2 aromatic rings. The van der Waals surface area contributed by atoms with Crippen molar-refractivity contribution in [3.05, 3.63) is 39.2 Å². The zero-order valence-corrected chi connectivity index (χ0v) is 8.84. The molecule has 0 radical (unpaired) electrons. The molecule has 0 amide bonds. The quantitative estimate of drug-likeness (QED) is 0.742. The van der Waals surface area contributed by atoms with Crippen LogP contribution in [-0.4, -0.2) is 0 Å². The van der Waals surface area contributed by atoms with E-state index in [-0.39, 0.29) is 0 Å². The Bertz CT molecular complexity index is 453. The first-order chi connectivity index (χ1) is 6.27. The highest BCUT2D eigenvalue weighted by molar-refractivity contribution is 7.29. The number of benzene rings is 1. The highest BCUT2D eigenvalue weighted by Crippen LogP contribution is 2.28. The first kappa shape index (κ1) is 8.66. The third kappa shape index (κ3) is 1.71. The van der Waals surface area contributed by atoms with E-state index in [2.05, 4.69) is 19.1 Å². The zero-order valence-electron chi connectivity index (χ0n) is 7.20. The molecule has 1 aromatic carbocycles. The molecule has 0 unspecified atom stereocenters. The summed E-state index contributed by atoms with van der Waals surface area (Å²) in [5, 5.41) is 7.54. The molecule has 0 spiro atoms. The van der Waals surface area contributed by atoms with E-state index in [4.69, 9.17) is 5.41 Å². The second kappa shape index (κ2) is 3.44. The van der Waals surface area contributed by atoms with Crippen molar-refractivity contribution < 1.29 is 0 Å². The van der Waals surface area contributed by atoms with E-state index in [1.807, 2.05) is 18.2 Å². The van der Waals surface area contributed by atoms with Gasteiger partial charge in [-0.15, -0.1) is 22.7 Å². The molecule has 0 bridgehead atoms. The van der Waals surface area contributed by atoms with Crippen molar-refractivity contribution in [2.75, 3.05) is 0 Å². The van der Waals surface area contributed by atoms with Crippen molar-refractivity contribution in [3.63, 3.8) is 0 Å². The second-order valence-electron chi connectivity index (χ2n) is 2.74. The van der Waals surface area contributed by atoms with Gasteiger partial charge in [-0.2, -0.15) is 0 Å². The van der Waals surface area contributed by atoms with Gasteiger partial charge < -0.3 is 0 Å². The Morgan fingerprint density at radius 1 is 1.08 bits per heavy atom. The van der Waals surface area contributed by atoms with Crippen molar-refractivity contribution in [3.8, 4) is 10.4 Å². The molecular formula is C10H9NS2. The van der Waals surface area contributed by atoms with Crippen molar-refractivity contribution in [2.24, 2.45) is 0 Å². The maximum Gasteiger partial charge on any atom is 0.163 e. The normalized spacial score (nSPS) is 10.2. The molecule has 1 heterocycles. The fourth-order valence-electron chi connectivity index (χ4n) is 1.22. The Balaban J connectivity index is 2.59. The molecule has 0 aliphatic heterocycles. The molecule has 1 N–H and O–H groups in total. The Labute approximate surface area is 84.8 Å². The van der Waals surface area contributed by atoms with Crippen molar-refractivity contribution in [2.45, 2.75) is 6.92 Å². The van der Waals surface area contributed by atoms with Gasteiger partial charge in [0.15, 0.2) is 3.98 Å². The van der Waals surface area contributed by atoms with Crippen molar-refractivity contribution in [1.29, 1.82) is 5.41 Å². The van der Waals surface area contributed by atoms with Crippen LogP contribution in [0.4, 0.5) is 0 Å². The molecule has 2 rings (SSSR count). The zero-order chi connectivity index (χ0) is 9.26. The summed E-state index contributed by atoms with van der Waals surface area (Å²) in [5.41, 5.74) is 1.22. The summed E-state index contributed by atoms with van der Waals surface area (Å²) >= 11 is 3.10. The molecular weight excluding hydrogens is 198 g/mol. The van der Waals surface area contributed by atoms with Gasteiger partial charge in [0.25, 0.3) is 0 Å². The van der Waals surface area contributed by atoms with Crippen LogP contribution >= 0.6 is 22.7 Å². The highest BCUT2D eigenvalue weighted by atomic mass is 32.2. The SMILES string of the molecule is Cc1sc(=N)sc1-c1ccccc1. The maximum atomic E-state index is 7.54. The number of hydrogen-bond acceptors (Lipinski definition) is 3. The van der Waals surface area contributed by atoms with Crippen LogP contribution in [0.1, 0.15) is 4.88 Å². The predicted octanol–water partition coefficient (Wildman–Crippen LogP) is 3.26. The third-order valence-electron chi connectivity index (χ3n) is 1.80. The molecule has 66 valence electrons. The minimum absolute atomic E-state index is 0.677. The van der Waals surface area contributed by atoms with Crippen LogP contribution < -0.4 is 3.98 Å². The Morgan fingerprint density at radius 3 is 2.31 bits per heavy atom. The predicted molar refractivity (Wildman–Crippen MR) is 58.2 cm³/mol.